The van der Waals surface area contributed by atoms with Crippen LogP contribution in [0.1, 0.15) is 38.7 Å². The number of hydrogen-bond acceptors (Lipinski definition) is 4. The maximum Gasteiger partial charge on any atom is 0.345 e. The van der Waals surface area contributed by atoms with Gasteiger partial charge in [0.1, 0.15) is 5.75 Å². The third-order valence-electron chi connectivity index (χ3n) is 4.82. The van der Waals surface area contributed by atoms with E-state index >= 15 is 0 Å². The Labute approximate surface area is 171 Å². The third-order valence-corrected chi connectivity index (χ3v) is 4.82. The molecule has 1 atom stereocenters. The minimum atomic E-state index is -1.02. The number of esters is 1. The zero-order chi connectivity index (χ0) is 20.8. The second-order valence-corrected chi connectivity index (χ2v) is 7.00. The summed E-state index contributed by atoms with van der Waals surface area (Å²) < 4.78 is 11.1. The Morgan fingerprint density at radius 1 is 0.793 bits per heavy atom. The van der Waals surface area contributed by atoms with Gasteiger partial charge in [-0.1, -0.05) is 60.7 Å². The van der Waals surface area contributed by atoms with Crippen LogP contribution in [0.4, 0.5) is 0 Å². The van der Waals surface area contributed by atoms with Gasteiger partial charge >= 0.3 is 5.97 Å². The van der Waals surface area contributed by atoms with Crippen LogP contribution in [0.5, 0.6) is 5.75 Å². The van der Waals surface area contributed by atoms with E-state index in [0.29, 0.717) is 16.9 Å². The summed E-state index contributed by atoms with van der Waals surface area (Å²) in [7, 11) is 0. The van der Waals surface area contributed by atoms with Gasteiger partial charge in [-0.05, 0) is 49.6 Å². The van der Waals surface area contributed by atoms with Crippen LogP contribution in [0.3, 0.4) is 0 Å². The number of para-hydroxylation sites is 1. The van der Waals surface area contributed by atoms with E-state index < -0.39 is 12.1 Å². The summed E-state index contributed by atoms with van der Waals surface area (Å²) >= 11 is 0. The van der Waals surface area contributed by atoms with Crippen LogP contribution in [0.2, 0.25) is 0 Å². The molecular weight excluding hydrogens is 364 g/mol. The minimum Gasteiger partial charge on any atom is -0.482 e. The van der Waals surface area contributed by atoms with Gasteiger partial charge in [-0.25, -0.2) is 4.79 Å². The van der Waals surface area contributed by atoms with E-state index in [4.69, 9.17) is 9.47 Å². The second-order valence-electron chi connectivity index (χ2n) is 7.00. The van der Waals surface area contributed by atoms with Crippen LogP contribution in [0.25, 0.3) is 0 Å². The molecule has 0 aliphatic carbocycles. The summed E-state index contributed by atoms with van der Waals surface area (Å²) in [6, 6.07) is 21.9. The van der Waals surface area contributed by atoms with Crippen molar-refractivity contribution in [3.63, 3.8) is 0 Å². The van der Waals surface area contributed by atoms with Gasteiger partial charge in [0, 0.05) is 11.1 Å². The van der Waals surface area contributed by atoms with Gasteiger partial charge in [0.15, 0.2) is 12.7 Å². The monoisotopic (exact) mass is 388 g/mol. The molecule has 0 bridgehead atoms. The van der Waals surface area contributed by atoms with Crippen molar-refractivity contribution in [3.8, 4) is 5.75 Å². The van der Waals surface area contributed by atoms with E-state index in [1.54, 1.807) is 24.3 Å². The summed E-state index contributed by atoms with van der Waals surface area (Å²) in [4.78, 5) is 25.6. The molecule has 0 amide bonds. The minimum absolute atomic E-state index is 0.261. The molecule has 29 heavy (non-hydrogen) atoms. The Hall–Kier alpha value is -3.40. The number of ether oxygens (including phenoxy) is 2. The highest BCUT2D eigenvalue weighted by atomic mass is 16.6. The average molecular weight is 388 g/mol. The van der Waals surface area contributed by atoms with Crippen LogP contribution in [0, 0.1) is 20.8 Å². The molecule has 0 aliphatic rings. The standard InChI is InChI=1S/C25H24O4/c1-17-13-14-21(15-19(17)3)24(27)25(20-10-5-4-6-11-20)29-23(26)16-28-22-12-8-7-9-18(22)2/h4-15,25H,16H2,1-3H3/t25-/m1/s1. The summed E-state index contributed by atoms with van der Waals surface area (Å²) in [6.45, 7) is 5.57. The molecule has 0 saturated heterocycles. The molecule has 4 heteroatoms. The van der Waals surface area contributed by atoms with Crippen molar-refractivity contribution in [2.24, 2.45) is 0 Å². The van der Waals surface area contributed by atoms with Gasteiger partial charge in [0.2, 0.25) is 5.78 Å². The zero-order valence-electron chi connectivity index (χ0n) is 16.8. The molecule has 0 unspecified atom stereocenters. The highest BCUT2D eigenvalue weighted by Gasteiger charge is 2.26. The molecule has 0 heterocycles. The third kappa shape index (κ3) is 5.11. The second kappa shape index (κ2) is 9.20. The lowest BCUT2D eigenvalue weighted by Gasteiger charge is -2.18. The van der Waals surface area contributed by atoms with Crippen LogP contribution < -0.4 is 4.74 Å². The molecule has 3 aromatic rings. The number of benzene rings is 3. The number of carbonyl (C=O) groups excluding carboxylic acids is 2. The molecule has 0 N–H and O–H groups in total. The van der Waals surface area contributed by atoms with Crippen molar-refractivity contribution in [3.05, 3.63) is 101 Å². The van der Waals surface area contributed by atoms with Crippen molar-refractivity contribution in [1.82, 2.24) is 0 Å². The predicted molar refractivity (Wildman–Crippen MR) is 112 cm³/mol. The summed E-state index contributed by atoms with van der Waals surface area (Å²) in [5.41, 5.74) is 4.17. The van der Waals surface area contributed by atoms with Crippen molar-refractivity contribution < 1.29 is 19.1 Å². The molecule has 0 aliphatic heterocycles. The maximum absolute atomic E-state index is 13.2. The number of rotatable bonds is 7. The largest absolute Gasteiger partial charge is 0.482 e. The van der Waals surface area contributed by atoms with Crippen molar-refractivity contribution in [2.75, 3.05) is 6.61 Å². The predicted octanol–water partition coefficient (Wildman–Crippen LogP) is 5.16. The molecule has 148 valence electrons. The van der Waals surface area contributed by atoms with Gasteiger partial charge in [0.25, 0.3) is 0 Å². The number of aryl methyl sites for hydroxylation is 3. The molecule has 0 aromatic heterocycles. The first-order valence-corrected chi connectivity index (χ1v) is 9.50. The van der Waals surface area contributed by atoms with Crippen molar-refractivity contribution in [2.45, 2.75) is 26.9 Å². The molecule has 3 aromatic carbocycles. The SMILES string of the molecule is Cc1ccc(C(=O)[C@H](OC(=O)COc2ccccc2C)c2ccccc2)cc1C. The molecule has 0 spiro atoms. The number of ketones is 1. The molecular formula is C25H24O4. The van der Waals surface area contributed by atoms with E-state index in [-0.39, 0.29) is 12.4 Å². The van der Waals surface area contributed by atoms with Crippen LogP contribution >= 0.6 is 0 Å². The zero-order valence-corrected chi connectivity index (χ0v) is 16.8. The Bertz CT molecular complexity index is 1010. The lowest BCUT2D eigenvalue weighted by molar-refractivity contribution is -0.149. The molecule has 4 nitrogen and oxygen atoms in total. The van der Waals surface area contributed by atoms with Gasteiger partial charge in [-0.2, -0.15) is 0 Å². The van der Waals surface area contributed by atoms with Gasteiger partial charge in [0.05, 0.1) is 0 Å². The fraction of sp³-hybridized carbons (Fsp3) is 0.200. The maximum atomic E-state index is 13.2. The highest BCUT2D eigenvalue weighted by molar-refractivity contribution is 6.01. The number of hydrogen-bond donors (Lipinski definition) is 0. The normalized spacial score (nSPS) is 11.6. The fourth-order valence-corrected chi connectivity index (χ4v) is 2.97. The Balaban J connectivity index is 1.78. The molecule has 3 rings (SSSR count). The van der Waals surface area contributed by atoms with Crippen LogP contribution in [-0.4, -0.2) is 18.4 Å². The highest BCUT2D eigenvalue weighted by Crippen LogP contribution is 2.24. The topological polar surface area (TPSA) is 52.6 Å². The summed E-state index contributed by atoms with van der Waals surface area (Å²) in [5, 5.41) is 0. The number of Topliss-reactive ketones (excluding diaryl/α,β-unsaturated/α-hetero) is 1. The van der Waals surface area contributed by atoms with Crippen LogP contribution in [0.15, 0.2) is 72.8 Å². The van der Waals surface area contributed by atoms with Gasteiger partial charge in [-0.3, -0.25) is 4.79 Å². The summed E-state index contributed by atoms with van der Waals surface area (Å²) in [6.07, 6.45) is -1.02. The smallest absolute Gasteiger partial charge is 0.345 e. The lowest BCUT2D eigenvalue weighted by atomic mass is 9.97. The Morgan fingerprint density at radius 3 is 2.17 bits per heavy atom. The first kappa shape index (κ1) is 20.3. The lowest BCUT2D eigenvalue weighted by Crippen LogP contribution is -2.24. The van der Waals surface area contributed by atoms with E-state index in [0.717, 1.165) is 16.7 Å². The van der Waals surface area contributed by atoms with E-state index in [1.165, 1.54) is 0 Å². The van der Waals surface area contributed by atoms with Gasteiger partial charge in [-0.15, -0.1) is 0 Å². The average Bonchev–Trinajstić information content (AvgIpc) is 2.73. The fourth-order valence-electron chi connectivity index (χ4n) is 2.97. The van der Waals surface area contributed by atoms with E-state index in [2.05, 4.69) is 0 Å². The Kier molecular flexibility index (Phi) is 6.45. The van der Waals surface area contributed by atoms with Gasteiger partial charge < -0.3 is 9.47 Å². The molecule has 0 fully saturated rings. The van der Waals surface area contributed by atoms with Crippen molar-refractivity contribution >= 4 is 11.8 Å². The van der Waals surface area contributed by atoms with Crippen molar-refractivity contribution in [1.29, 1.82) is 0 Å². The van der Waals surface area contributed by atoms with Crippen LogP contribution in [-0.2, 0) is 9.53 Å². The van der Waals surface area contributed by atoms with E-state index in [1.807, 2.05) is 69.3 Å². The Morgan fingerprint density at radius 2 is 1.48 bits per heavy atom. The summed E-state index contributed by atoms with van der Waals surface area (Å²) in [5.74, 6) is -0.246. The first-order chi connectivity index (χ1) is 14.0. The number of carbonyl (C=O) groups is 2. The molecule has 0 saturated carbocycles. The quantitative estimate of drug-likeness (QED) is 0.414. The first-order valence-electron chi connectivity index (χ1n) is 9.50. The molecule has 0 radical (unpaired) electrons. The van der Waals surface area contributed by atoms with E-state index in [9.17, 15) is 9.59 Å².